The predicted octanol–water partition coefficient (Wildman–Crippen LogP) is 0.805. The summed E-state index contributed by atoms with van der Waals surface area (Å²) in [4.78, 5) is 6.64. The quantitative estimate of drug-likeness (QED) is 0.598. The van der Waals surface area contributed by atoms with Crippen molar-refractivity contribution in [1.82, 2.24) is 4.90 Å². The Balaban J connectivity index is 1.92. The van der Waals surface area contributed by atoms with Gasteiger partial charge in [0.15, 0.2) is 5.96 Å². The fourth-order valence-corrected chi connectivity index (χ4v) is 3.68. The number of aliphatic imine (C=N–C) groups is 1. The lowest BCUT2D eigenvalue weighted by Crippen LogP contribution is -2.52. The molecule has 1 heterocycles. The minimum Gasteiger partial charge on any atom is -0.370 e. The summed E-state index contributed by atoms with van der Waals surface area (Å²) in [5.41, 5.74) is 6.18. The third-order valence-corrected chi connectivity index (χ3v) is 4.47. The van der Waals surface area contributed by atoms with E-state index in [9.17, 15) is 0 Å². The minimum atomic E-state index is 0.340. The van der Waals surface area contributed by atoms with E-state index in [2.05, 4.69) is 16.9 Å². The van der Waals surface area contributed by atoms with Gasteiger partial charge in [0.1, 0.15) is 0 Å². The van der Waals surface area contributed by atoms with Crippen LogP contribution in [0.3, 0.4) is 0 Å². The molecule has 0 saturated heterocycles. The van der Waals surface area contributed by atoms with Gasteiger partial charge in [-0.1, -0.05) is 0 Å². The Morgan fingerprint density at radius 1 is 1.54 bits per heavy atom. The number of fused-ring (bicyclic) bond motifs is 3. The van der Waals surface area contributed by atoms with Crippen molar-refractivity contribution in [3.05, 3.63) is 0 Å². The van der Waals surface area contributed by atoms with Crippen LogP contribution in [0.2, 0.25) is 0 Å². The van der Waals surface area contributed by atoms with Crippen molar-refractivity contribution in [2.75, 3.05) is 13.6 Å². The molecule has 2 aliphatic carbocycles. The molecule has 0 radical (unpaired) electrons. The van der Waals surface area contributed by atoms with Crippen LogP contribution in [0.4, 0.5) is 0 Å². The van der Waals surface area contributed by atoms with Gasteiger partial charge in [-0.3, -0.25) is 4.99 Å². The number of rotatable bonds is 0. The maximum atomic E-state index is 5.84. The van der Waals surface area contributed by atoms with E-state index in [1.165, 1.54) is 25.7 Å². The van der Waals surface area contributed by atoms with Gasteiger partial charge in [0.25, 0.3) is 0 Å². The molecule has 1 aliphatic heterocycles. The van der Waals surface area contributed by atoms with E-state index in [1.807, 2.05) is 0 Å². The largest absolute Gasteiger partial charge is 0.370 e. The summed E-state index contributed by atoms with van der Waals surface area (Å²) >= 11 is 0. The number of hydrogen-bond acceptors (Lipinski definition) is 3. The van der Waals surface area contributed by atoms with Crippen molar-refractivity contribution >= 4 is 5.96 Å². The Labute approximate surface area is 79.0 Å². The average Bonchev–Trinajstić information content (AvgIpc) is 2.77. The fourth-order valence-electron chi connectivity index (χ4n) is 3.68. The number of guanidine groups is 1. The van der Waals surface area contributed by atoms with Crippen molar-refractivity contribution in [2.45, 2.75) is 31.2 Å². The third-order valence-electron chi connectivity index (χ3n) is 4.47. The molecule has 2 saturated carbocycles. The zero-order valence-corrected chi connectivity index (χ0v) is 8.16. The van der Waals surface area contributed by atoms with Gasteiger partial charge < -0.3 is 10.6 Å². The molecule has 1 spiro atoms. The molecule has 0 aromatic heterocycles. The van der Waals surface area contributed by atoms with Gasteiger partial charge in [-0.15, -0.1) is 0 Å². The third kappa shape index (κ3) is 0.779. The van der Waals surface area contributed by atoms with Crippen LogP contribution in [0.5, 0.6) is 0 Å². The molecule has 13 heavy (non-hydrogen) atoms. The lowest BCUT2D eigenvalue weighted by molar-refractivity contribution is 0.146. The summed E-state index contributed by atoms with van der Waals surface area (Å²) in [6.45, 7) is 0.955. The van der Waals surface area contributed by atoms with Gasteiger partial charge in [-0.05, 0) is 37.5 Å². The molecular weight excluding hydrogens is 162 g/mol. The smallest absolute Gasteiger partial charge is 0.191 e. The maximum absolute atomic E-state index is 5.84. The van der Waals surface area contributed by atoms with E-state index in [4.69, 9.17) is 5.73 Å². The summed E-state index contributed by atoms with van der Waals surface area (Å²) in [5, 5.41) is 0. The predicted molar refractivity (Wildman–Crippen MR) is 52.4 cm³/mol. The van der Waals surface area contributed by atoms with Crippen molar-refractivity contribution < 1.29 is 0 Å². The Bertz CT molecular complexity index is 273. The summed E-state index contributed by atoms with van der Waals surface area (Å²) in [7, 11) is 2.12. The molecule has 3 heteroatoms. The molecule has 3 nitrogen and oxygen atoms in total. The summed E-state index contributed by atoms with van der Waals surface area (Å²) < 4.78 is 0. The van der Waals surface area contributed by atoms with Crippen molar-refractivity contribution in [3.8, 4) is 0 Å². The first kappa shape index (κ1) is 7.65. The Hall–Kier alpha value is -0.730. The van der Waals surface area contributed by atoms with Crippen LogP contribution >= 0.6 is 0 Å². The zero-order chi connectivity index (χ0) is 9.05. The second-order valence-electron chi connectivity index (χ2n) is 4.92. The molecule has 2 N–H and O–H groups in total. The molecule has 0 amide bonds. The van der Waals surface area contributed by atoms with E-state index in [-0.39, 0.29) is 0 Å². The van der Waals surface area contributed by atoms with E-state index in [0.29, 0.717) is 5.54 Å². The van der Waals surface area contributed by atoms with Gasteiger partial charge >= 0.3 is 0 Å². The molecule has 3 atom stereocenters. The first-order valence-electron chi connectivity index (χ1n) is 5.26. The van der Waals surface area contributed by atoms with Crippen LogP contribution in [-0.2, 0) is 0 Å². The van der Waals surface area contributed by atoms with Gasteiger partial charge in [0.05, 0.1) is 12.1 Å². The fraction of sp³-hybridized carbons (Fsp3) is 0.900. The van der Waals surface area contributed by atoms with E-state index in [1.54, 1.807) is 0 Å². The van der Waals surface area contributed by atoms with Gasteiger partial charge in [0, 0.05) is 7.05 Å². The topological polar surface area (TPSA) is 41.6 Å². The van der Waals surface area contributed by atoms with Crippen LogP contribution in [0, 0.1) is 11.8 Å². The molecule has 2 bridgehead atoms. The Morgan fingerprint density at radius 2 is 2.38 bits per heavy atom. The number of nitrogens with zero attached hydrogens (tertiary/aromatic N) is 2. The number of nitrogens with two attached hydrogens (primary N) is 1. The minimum absolute atomic E-state index is 0.340. The lowest BCUT2D eigenvalue weighted by Gasteiger charge is -2.40. The van der Waals surface area contributed by atoms with Crippen LogP contribution in [0.1, 0.15) is 25.7 Å². The first-order valence-corrected chi connectivity index (χ1v) is 5.26. The number of hydrogen-bond donors (Lipinski definition) is 1. The molecule has 3 rings (SSSR count). The van der Waals surface area contributed by atoms with Crippen LogP contribution < -0.4 is 5.73 Å². The molecular formula is C10H17N3. The normalized spacial score (nSPS) is 47.8. The highest BCUT2D eigenvalue weighted by Gasteiger charge is 2.55. The first-order chi connectivity index (χ1) is 6.22. The van der Waals surface area contributed by atoms with Crippen molar-refractivity contribution in [3.63, 3.8) is 0 Å². The van der Waals surface area contributed by atoms with E-state index >= 15 is 0 Å². The van der Waals surface area contributed by atoms with Gasteiger partial charge in [-0.25, -0.2) is 0 Å². The second kappa shape index (κ2) is 2.20. The zero-order valence-electron chi connectivity index (χ0n) is 8.16. The summed E-state index contributed by atoms with van der Waals surface area (Å²) in [5.74, 6) is 2.59. The highest BCUT2D eigenvalue weighted by molar-refractivity contribution is 5.80. The van der Waals surface area contributed by atoms with Gasteiger partial charge in [-0.2, -0.15) is 0 Å². The van der Waals surface area contributed by atoms with Crippen LogP contribution in [-0.4, -0.2) is 30.0 Å². The van der Waals surface area contributed by atoms with Crippen LogP contribution in [0.25, 0.3) is 0 Å². The maximum Gasteiger partial charge on any atom is 0.191 e. The highest BCUT2D eigenvalue weighted by Crippen LogP contribution is 2.54. The molecule has 0 aromatic carbocycles. The summed E-state index contributed by atoms with van der Waals surface area (Å²) in [6.07, 6.45) is 5.60. The Kier molecular flexibility index (Phi) is 1.29. The van der Waals surface area contributed by atoms with Crippen molar-refractivity contribution in [2.24, 2.45) is 22.6 Å². The standard InChI is InChI=1S/C10H17N3/c1-13-9(11)12-6-10(13)5-7-2-3-8(10)4-7/h7-8H,2-6H2,1H3,(H2,11,12). The monoisotopic (exact) mass is 179 g/mol. The summed E-state index contributed by atoms with van der Waals surface area (Å²) in [6, 6.07) is 0. The molecule has 72 valence electrons. The molecule has 0 aromatic rings. The highest BCUT2D eigenvalue weighted by atomic mass is 15.3. The molecule has 3 aliphatic rings. The van der Waals surface area contributed by atoms with E-state index < -0.39 is 0 Å². The molecule has 2 fully saturated rings. The second-order valence-corrected chi connectivity index (χ2v) is 4.92. The van der Waals surface area contributed by atoms with E-state index in [0.717, 1.165) is 24.3 Å². The lowest BCUT2D eigenvalue weighted by atomic mass is 9.80. The van der Waals surface area contributed by atoms with Gasteiger partial charge in [0.2, 0.25) is 0 Å². The SMILES string of the molecule is CN1C(N)=NCC12CC1CCC2C1. The average molecular weight is 179 g/mol. The van der Waals surface area contributed by atoms with Crippen LogP contribution in [0.15, 0.2) is 4.99 Å². The molecule has 3 unspecified atom stereocenters. The number of likely N-dealkylation sites (N-methyl/N-ethyl adjacent to an activating group) is 1. The van der Waals surface area contributed by atoms with Crippen molar-refractivity contribution in [1.29, 1.82) is 0 Å². The Morgan fingerprint density at radius 3 is 2.85 bits per heavy atom.